The molecular formula is C23H24N4O2. The zero-order valence-corrected chi connectivity index (χ0v) is 17.2. The summed E-state index contributed by atoms with van der Waals surface area (Å²) in [5.74, 6) is 0.396. The second-order valence-electron chi connectivity index (χ2n) is 6.85. The van der Waals surface area contributed by atoms with E-state index >= 15 is 0 Å². The Hall–Kier alpha value is -3.46. The van der Waals surface area contributed by atoms with Crippen LogP contribution in [0.25, 0.3) is 17.2 Å². The first-order valence-corrected chi connectivity index (χ1v) is 9.68. The molecule has 0 fully saturated rings. The van der Waals surface area contributed by atoms with Gasteiger partial charge in [0.05, 0.1) is 13.2 Å². The molecule has 3 aromatic rings. The minimum absolute atomic E-state index is 0.0105. The van der Waals surface area contributed by atoms with E-state index in [2.05, 4.69) is 24.5 Å². The van der Waals surface area contributed by atoms with E-state index in [9.17, 15) is 10.1 Å². The SMILES string of the molecule is CCOC(=O)/C(C#N)=C/c1ccc(Cn2c(CC)nc3c(C)cc(C)nc32)cc1. The summed E-state index contributed by atoms with van der Waals surface area (Å²) >= 11 is 0. The van der Waals surface area contributed by atoms with Gasteiger partial charge in [-0.25, -0.2) is 14.8 Å². The molecule has 0 saturated carbocycles. The van der Waals surface area contributed by atoms with Crippen LogP contribution in [0.4, 0.5) is 0 Å². The lowest BCUT2D eigenvalue weighted by Crippen LogP contribution is -2.06. The number of esters is 1. The van der Waals surface area contributed by atoms with Crippen LogP contribution in [0.2, 0.25) is 0 Å². The van der Waals surface area contributed by atoms with Crippen LogP contribution in [0.1, 0.15) is 42.1 Å². The molecule has 0 aliphatic heterocycles. The molecule has 2 heterocycles. The van der Waals surface area contributed by atoms with E-state index in [4.69, 9.17) is 14.7 Å². The largest absolute Gasteiger partial charge is 0.462 e. The molecule has 0 N–H and O–H groups in total. The lowest BCUT2D eigenvalue weighted by molar-refractivity contribution is -0.137. The molecule has 3 rings (SSSR count). The van der Waals surface area contributed by atoms with E-state index in [1.165, 1.54) is 0 Å². The third kappa shape index (κ3) is 4.35. The first-order chi connectivity index (χ1) is 14.0. The number of rotatable bonds is 6. The smallest absolute Gasteiger partial charge is 0.348 e. The number of hydrogen-bond acceptors (Lipinski definition) is 5. The van der Waals surface area contributed by atoms with Crippen LogP contribution in [0.15, 0.2) is 35.9 Å². The molecule has 148 valence electrons. The fourth-order valence-corrected chi connectivity index (χ4v) is 3.30. The number of carbonyl (C=O) groups is 1. The molecule has 2 aromatic heterocycles. The average Bonchev–Trinajstić information content (AvgIpc) is 3.05. The predicted octanol–water partition coefficient (Wildman–Crippen LogP) is 4.13. The molecule has 0 aliphatic rings. The van der Waals surface area contributed by atoms with E-state index in [1.54, 1.807) is 13.0 Å². The van der Waals surface area contributed by atoms with Crippen molar-refractivity contribution in [3.63, 3.8) is 0 Å². The molecular weight excluding hydrogens is 364 g/mol. The maximum atomic E-state index is 11.8. The van der Waals surface area contributed by atoms with E-state index in [-0.39, 0.29) is 12.2 Å². The highest BCUT2D eigenvalue weighted by atomic mass is 16.5. The Morgan fingerprint density at radius 2 is 1.93 bits per heavy atom. The normalized spacial score (nSPS) is 11.5. The molecule has 0 bridgehead atoms. The van der Waals surface area contributed by atoms with Gasteiger partial charge in [0.2, 0.25) is 0 Å². The van der Waals surface area contributed by atoms with Gasteiger partial charge in [0.15, 0.2) is 5.65 Å². The summed E-state index contributed by atoms with van der Waals surface area (Å²) < 4.78 is 7.05. The van der Waals surface area contributed by atoms with Gasteiger partial charge in [0.1, 0.15) is 23.0 Å². The molecule has 0 unspecified atom stereocenters. The average molecular weight is 388 g/mol. The molecule has 0 radical (unpaired) electrons. The lowest BCUT2D eigenvalue weighted by atomic mass is 10.1. The summed E-state index contributed by atoms with van der Waals surface area (Å²) in [4.78, 5) is 21.3. The van der Waals surface area contributed by atoms with Crippen LogP contribution in [-0.2, 0) is 22.5 Å². The zero-order valence-electron chi connectivity index (χ0n) is 17.2. The van der Waals surface area contributed by atoms with Gasteiger partial charge in [-0.1, -0.05) is 31.2 Å². The van der Waals surface area contributed by atoms with Gasteiger partial charge in [0.25, 0.3) is 0 Å². The maximum Gasteiger partial charge on any atom is 0.348 e. The van der Waals surface area contributed by atoms with Crippen molar-refractivity contribution < 1.29 is 9.53 Å². The van der Waals surface area contributed by atoms with Crippen LogP contribution >= 0.6 is 0 Å². The standard InChI is InChI=1S/C23H24N4O2/c1-5-20-26-21-15(3)11-16(4)25-22(21)27(20)14-18-9-7-17(8-10-18)12-19(13-24)23(28)29-6-2/h7-12H,5-6,14H2,1-4H3/b19-12+. The van der Waals surface area contributed by atoms with E-state index in [0.717, 1.165) is 45.8 Å². The van der Waals surface area contributed by atoms with Crippen molar-refractivity contribution in [2.45, 2.75) is 40.7 Å². The molecule has 0 amide bonds. The minimum atomic E-state index is -0.603. The predicted molar refractivity (Wildman–Crippen MR) is 112 cm³/mol. The molecule has 0 atom stereocenters. The van der Waals surface area contributed by atoms with Crippen LogP contribution in [0, 0.1) is 25.2 Å². The number of imidazole rings is 1. The second kappa shape index (κ2) is 8.70. The highest BCUT2D eigenvalue weighted by Gasteiger charge is 2.14. The topological polar surface area (TPSA) is 80.8 Å². The highest BCUT2D eigenvalue weighted by molar-refractivity contribution is 5.97. The number of pyridine rings is 1. The summed E-state index contributed by atoms with van der Waals surface area (Å²) in [6.07, 6.45) is 2.36. The van der Waals surface area contributed by atoms with Crippen LogP contribution in [0.5, 0.6) is 0 Å². The fourth-order valence-electron chi connectivity index (χ4n) is 3.30. The van der Waals surface area contributed by atoms with Crippen molar-refractivity contribution in [1.82, 2.24) is 14.5 Å². The van der Waals surface area contributed by atoms with Gasteiger partial charge in [0, 0.05) is 12.1 Å². The van der Waals surface area contributed by atoms with Gasteiger partial charge >= 0.3 is 5.97 Å². The van der Waals surface area contributed by atoms with Gasteiger partial charge in [-0.15, -0.1) is 0 Å². The Balaban J connectivity index is 1.91. The number of benzene rings is 1. The molecule has 29 heavy (non-hydrogen) atoms. The number of aromatic nitrogens is 3. The van der Waals surface area contributed by atoms with Crippen molar-refractivity contribution in [2.24, 2.45) is 0 Å². The first-order valence-electron chi connectivity index (χ1n) is 9.68. The number of ether oxygens (including phenoxy) is 1. The van der Waals surface area contributed by atoms with Crippen LogP contribution < -0.4 is 0 Å². The van der Waals surface area contributed by atoms with Crippen LogP contribution in [0.3, 0.4) is 0 Å². The van der Waals surface area contributed by atoms with Gasteiger partial charge < -0.3 is 9.30 Å². The van der Waals surface area contributed by atoms with Gasteiger partial charge in [-0.2, -0.15) is 5.26 Å². The second-order valence-corrected chi connectivity index (χ2v) is 6.85. The quantitative estimate of drug-likeness (QED) is 0.360. The summed E-state index contributed by atoms with van der Waals surface area (Å²) in [6, 6.07) is 11.7. The number of aryl methyl sites for hydroxylation is 3. The molecule has 0 saturated heterocycles. The van der Waals surface area contributed by atoms with Gasteiger partial charge in [-0.3, -0.25) is 0 Å². The molecule has 0 spiro atoms. The van der Waals surface area contributed by atoms with E-state index in [1.807, 2.05) is 37.3 Å². The van der Waals surface area contributed by atoms with Gasteiger partial charge in [-0.05, 0) is 49.6 Å². The summed E-state index contributed by atoms with van der Waals surface area (Å²) in [5, 5.41) is 9.18. The van der Waals surface area contributed by atoms with Crippen molar-refractivity contribution in [3.8, 4) is 6.07 Å². The Morgan fingerprint density at radius 3 is 2.55 bits per heavy atom. The summed E-state index contributed by atoms with van der Waals surface area (Å²) in [7, 11) is 0. The fraction of sp³-hybridized carbons (Fsp3) is 0.304. The molecule has 0 aliphatic carbocycles. The van der Waals surface area contributed by atoms with Crippen molar-refractivity contribution in [2.75, 3.05) is 6.61 Å². The zero-order chi connectivity index (χ0) is 21.0. The Labute approximate surface area is 170 Å². The maximum absolute atomic E-state index is 11.8. The van der Waals surface area contributed by atoms with Crippen molar-refractivity contribution in [3.05, 3.63) is 64.1 Å². The number of nitrogens with zero attached hydrogens (tertiary/aromatic N) is 4. The van der Waals surface area contributed by atoms with E-state index in [0.29, 0.717) is 6.54 Å². The third-order valence-electron chi connectivity index (χ3n) is 4.66. The molecule has 6 nitrogen and oxygen atoms in total. The summed E-state index contributed by atoms with van der Waals surface area (Å²) in [5.41, 5.74) is 5.80. The minimum Gasteiger partial charge on any atom is -0.462 e. The Morgan fingerprint density at radius 1 is 1.21 bits per heavy atom. The molecule has 1 aromatic carbocycles. The first kappa shape index (κ1) is 20.3. The number of nitriles is 1. The highest BCUT2D eigenvalue weighted by Crippen LogP contribution is 2.21. The lowest BCUT2D eigenvalue weighted by Gasteiger charge is -2.09. The third-order valence-corrected chi connectivity index (χ3v) is 4.66. The van der Waals surface area contributed by atoms with Crippen molar-refractivity contribution in [1.29, 1.82) is 5.26 Å². The number of hydrogen-bond donors (Lipinski definition) is 0. The van der Waals surface area contributed by atoms with E-state index < -0.39 is 5.97 Å². The van der Waals surface area contributed by atoms with Crippen molar-refractivity contribution >= 4 is 23.2 Å². The Bertz CT molecular complexity index is 1120. The Kier molecular flexibility index (Phi) is 6.08. The summed E-state index contributed by atoms with van der Waals surface area (Å²) in [6.45, 7) is 8.75. The molecule has 6 heteroatoms. The van der Waals surface area contributed by atoms with Crippen LogP contribution in [-0.4, -0.2) is 27.1 Å². The monoisotopic (exact) mass is 388 g/mol. The number of carbonyl (C=O) groups excluding carboxylic acids is 1. The number of fused-ring (bicyclic) bond motifs is 1.